The second-order valence-electron chi connectivity index (χ2n) is 4.34. The third-order valence-corrected chi connectivity index (χ3v) is 3.06. The molecule has 1 saturated heterocycles. The molecule has 0 atom stereocenters. The van der Waals surface area contributed by atoms with E-state index in [2.05, 4.69) is 0 Å². The predicted molar refractivity (Wildman–Crippen MR) is 62.4 cm³/mol. The van der Waals surface area contributed by atoms with Gasteiger partial charge in [-0.25, -0.2) is 0 Å². The molecular formula is C13H11F3N2O. The monoisotopic (exact) mass is 268 g/mol. The smallest absolute Gasteiger partial charge is 0.311 e. The number of carbonyl (C=O) groups excluding carboxylic acids is 1. The molecule has 1 fully saturated rings. The van der Waals surface area contributed by atoms with Gasteiger partial charge in [-0.1, -0.05) is 0 Å². The van der Waals surface area contributed by atoms with Gasteiger partial charge in [-0.15, -0.1) is 0 Å². The number of hydrogen-bond acceptors (Lipinski definition) is 2. The van der Waals surface area contributed by atoms with Crippen LogP contribution in [-0.4, -0.2) is 12.5 Å². The topological polar surface area (TPSA) is 44.1 Å². The third kappa shape index (κ3) is 2.70. The number of amides is 1. The molecule has 0 aromatic heterocycles. The summed E-state index contributed by atoms with van der Waals surface area (Å²) in [6.07, 6.45) is -2.56. The molecule has 0 unspecified atom stereocenters. The van der Waals surface area contributed by atoms with Gasteiger partial charge >= 0.3 is 6.18 Å². The van der Waals surface area contributed by atoms with Crippen LogP contribution in [0.25, 0.3) is 0 Å². The average Bonchev–Trinajstić information content (AvgIpc) is 2.37. The minimum absolute atomic E-state index is 0.120. The quantitative estimate of drug-likeness (QED) is 0.785. The first-order valence-electron chi connectivity index (χ1n) is 5.85. The Morgan fingerprint density at radius 1 is 1.26 bits per heavy atom. The molecular weight excluding hydrogens is 257 g/mol. The molecule has 1 aliphatic rings. The number of benzene rings is 1. The summed E-state index contributed by atoms with van der Waals surface area (Å²) in [7, 11) is 0. The van der Waals surface area contributed by atoms with Gasteiger partial charge in [0.2, 0.25) is 5.91 Å². The Balaban J connectivity index is 2.42. The zero-order chi connectivity index (χ0) is 14.0. The second kappa shape index (κ2) is 4.92. The summed E-state index contributed by atoms with van der Waals surface area (Å²) in [5.74, 6) is -0.150. The van der Waals surface area contributed by atoms with Gasteiger partial charge in [-0.2, -0.15) is 18.4 Å². The fourth-order valence-corrected chi connectivity index (χ4v) is 2.10. The van der Waals surface area contributed by atoms with E-state index in [9.17, 15) is 18.0 Å². The minimum atomic E-state index is -4.49. The first-order valence-corrected chi connectivity index (χ1v) is 5.85. The summed E-state index contributed by atoms with van der Waals surface area (Å²) in [4.78, 5) is 13.1. The standard InChI is InChI=1S/C13H11F3N2O/c14-13(15,16)10-4-5-11(9(7-10)8-17)18-6-2-1-3-12(18)19/h4-5,7H,1-3,6H2. The largest absolute Gasteiger partial charge is 0.416 e. The molecule has 1 amide bonds. The summed E-state index contributed by atoms with van der Waals surface area (Å²) in [5, 5.41) is 8.97. The van der Waals surface area contributed by atoms with Crippen LogP contribution in [0.1, 0.15) is 30.4 Å². The number of carbonyl (C=O) groups is 1. The number of hydrogen-bond donors (Lipinski definition) is 0. The Morgan fingerprint density at radius 3 is 2.58 bits per heavy atom. The molecule has 0 saturated carbocycles. The molecule has 6 heteroatoms. The van der Waals surface area contributed by atoms with Gasteiger partial charge in [-0.05, 0) is 31.0 Å². The summed E-state index contributed by atoms with van der Waals surface area (Å²) in [6.45, 7) is 0.443. The highest BCUT2D eigenvalue weighted by molar-refractivity contribution is 5.95. The van der Waals surface area contributed by atoms with Crippen LogP contribution >= 0.6 is 0 Å². The Hall–Kier alpha value is -2.03. The fraction of sp³-hybridized carbons (Fsp3) is 0.385. The first-order chi connectivity index (χ1) is 8.93. The van der Waals surface area contributed by atoms with E-state index >= 15 is 0 Å². The average molecular weight is 268 g/mol. The maximum atomic E-state index is 12.6. The van der Waals surface area contributed by atoms with E-state index in [-0.39, 0.29) is 17.2 Å². The lowest BCUT2D eigenvalue weighted by Gasteiger charge is -2.27. The van der Waals surface area contributed by atoms with Gasteiger partial charge in [-0.3, -0.25) is 4.79 Å². The number of nitrogens with zero attached hydrogens (tertiary/aromatic N) is 2. The van der Waals surface area contributed by atoms with Gasteiger partial charge in [0.05, 0.1) is 16.8 Å². The number of halogens is 3. The SMILES string of the molecule is N#Cc1cc(C(F)(F)F)ccc1N1CCCCC1=O. The van der Waals surface area contributed by atoms with Crippen molar-refractivity contribution in [3.05, 3.63) is 29.3 Å². The van der Waals surface area contributed by atoms with Gasteiger partial charge in [0.1, 0.15) is 6.07 Å². The molecule has 1 aromatic rings. The van der Waals surface area contributed by atoms with Crippen molar-refractivity contribution in [1.82, 2.24) is 0 Å². The van der Waals surface area contributed by atoms with Crippen LogP contribution in [-0.2, 0) is 11.0 Å². The molecule has 0 aliphatic carbocycles. The van der Waals surface area contributed by atoms with Crippen molar-refractivity contribution in [2.24, 2.45) is 0 Å². The van der Waals surface area contributed by atoms with Crippen LogP contribution in [0.3, 0.4) is 0 Å². The van der Waals surface area contributed by atoms with Crippen LogP contribution in [0.5, 0.6) is 0 Å². The summed E-state index contributed by atoms with van der Waals surface area (Å²) in [5.41, 5.74) is -0.734. The van der Waals surface area contributed by atoms with Gasteiger partial charge in [0.15, 0.2) is 0 Å². The van der Waals surface area contributed by atoms with Gasteiger partial charge in [0, 0.05) is 13.0 Å². The van der Waals surface area contributed by atoms with Crippen LogP contribution < -0.4 is 4.90 Å². The molecule has 0 N–H and O–H groups in total. The lowest BCUT2D eigenvalue weighted by atomic mass is 10.0. The summed E-state index contributed by atoms with van der Waals surface area (Å²) < 4.78 is 37.7. The van der Waals surface area contributed by atoms with E-state index in [4.69, 9.17) is 5.26 Å². The highest BCUT2D eigenvalue weighted by atomic mass is 19.4. The van der Waals surface area contributed by atoms with Crippen molar-refractivity contribution in [3.8, 4) is 6.07 Å². The number of anilines is 1. The second-order valence-corrected chi connectivity index (χ2v) is 4.34. The van der Waals surface area contributed by atoms with Gasteiger partial charge < -0.3 is 4.90 Å². The molecule has 100 valence electrons. The molecule has 0 spiro atoms. The zero-order valence-electron chi connectivity index (χ0n) is 10.00. The molecule has 19 heavy (non-hydrogen) atoms. The van der Waals surface area contributed by atoms with E-state index in [0.29, 0.717) is 13.0 Å². The highest BCUT2D eigenvalue weighted by Crippen LogP contribution is 2.33. The molecule has 0 bridgehead atoms. The molecule has 3 nitrogen and oxygen atoms in total. The van der Waals surface area contributed by atoms with Crippen molar-refractivity contribution < 1.29 is 18.0 Å². The number of nitriles is 1. The predicted octanol–water partition coefficient (Wildman–Crippen LogP) is 3.09. The Morgan fingerprint density at radius 2 is 2.00 bits per heavy atom. The highest BCUT2D eigenvalue weighted by Gasteiger charge is 2.32. The Kier molecular flexibility index (Phi) is 3.47. The van der Waals surface area contributed by atoms with E-state index in [1.165, 1.54) is 11.0 Å². The molecule has 1 aliphatic heterocycles. The minimum Gasteiger partial charge on any atom is -0.311 e. The Bertz CT molecular complexity index is 546. The van der Waals surface area contributed by atoms with E-state index in [0.717, 1.165) is 25.0 Å². The van der Waals surface area contributed by atoms with Crippen LogP contribution in [0.15, 0.2) is 18.2 Å². The van der Waals surface area contributed by atoms with Crippen molar-refractivity contribution >= 4 is 11.6 Å². The van der Waals surface area contributed by atoms with Crippen molar-refractivity contribution in [1.29, 1.82) is 5.26 Å². The lowest BCUT2D eigenvalue weighted by molar-refractivity contribution is -0.137. The third-order valence-electron chi connectivity index (χ3n) is 3.06. The van der Waals surface area contributed by atoms with Crippen LogP contribution in [0.4, 0.5) is 18.9 Å². The number of rotatable bonds is 1. The molecule has 2 rings (SSSR count). The molecule has 1 aromatic carbocycles. The summed E-state index contributed by atoms with van der Waals surface area (Å²) >= 11 is 0. The normalized spacial score (nSPS) is 16.3. The molecule has 0 radical (unpaired) electrons. The van der Waals surface area contributed by atoms with Crippen LogP contribution in [0.2, 0.25) is 0 Å². The van der Waals surface area contributed by atoms with Crippen molar-refractivity contribution in [3.63, 3.8) is 0 Å². The van der Waals surface area contributed by atoms with Gasteiger partial charge in [0.25, 0.3) is 0 Å². The Labute approximate surface area is 108 Å². The maximum Gasteiger partial charge on any atom is 0.416 e. The fourth-order valence-electron chi connectivity index (χ4n) is 2.10. The maximum absolute atomic E-state index is 12.6. The lowest BCUT2D eigenvalue weighted by Crippen LogP contribution is -2.35. The van der Waals surface area contributed by atoms with E-state index < -0.39 is 11.7 Å². The summed E-state index contributed by atoms with van der Waals surface area (Å²) in [6, 6.07) is 4.62. The van der Waals surface area contributed by atoms with Crippen molar-refractivity contribution in [2.75, 3.05) is 11.4 Å². The van der Waals surface area contributed by atoms with E-state index in [1.807, 2.05) is 0 Å². The van der Waals surface area contributed by atoms with Crippen LogP contribution in [0, 0.1) is 11.3 Å². The number of piperidine rings is 1. The number of alkyl halides is 3. The zero-order valence-corrected chi connectivity index (χ0v) is 10.00. The first kappa shape index (κ1) is 13.4. The van der Waals surface area contributed by atoms with Crippen molar-refractivity contribution in [2.45, 2.75) is 25.4 Å². The van der Waals surface area contributed by atoms with E-state index in [1.54, 1.807) is 6.07 Å². The molecule has 1 heterocycles.